The molecule has 5 heteroatoms. The number of alkyl halides is 3. The number of hydrogen-bond acceptors (Lipinski definition) is 2. The number of carbonyl (C=O) groups excluding carboxylic acids is 1. The molecule has 120 valence electrons. The van der Waals surface area contributed by atoms with Gasteiger partial charge in [-0.15, -0.1) is 0 Å². The molecule has 0 unspecified atom stereocenters. The first-order chi connectivity index (χ1) is 10.8. The monoisotopic (exact) mass is 320 g/mol. The van der Waals surface area contributed by atoms with Crippen molar-refractivity contribution >= 4 is 17.6 Å². The Bertz CT molecular complexity index is 732. The maximum absolute atomic E-state index is 13.2. The molecule has 0 spiro atoms. The van der Waals surface area contributed by atoms with Gasteiger partial charge in [-0.1, -0.05) is 48.5 Å². The Hall–Kier alpha value is -2.56. The van der Waals surface area contributed by atoms with Crippen molar-refractivity contribution in [1.82, 2.24) is 0 Å². The summed E-state index contributed by atoms with van der Waals surface area (Å²) in [5.74, 6) is -1.01. The molecule has 0 heterocycles. The third-order valence-corrected chi connectivity index (χ3v) is 3.37. The van der Waals surface area contributed by atoms with Crippen LogP contribution in [0.25, 0.3) is 11.6 Å². The van der Waals surface area contributed by atoms with Crippen molar-refractivity contribution in [2.45, 2.75) is 13.1 Å². The van der Waals surface area contributed by atoms with Crippen molar-refractivity contribution in [3.05, 3.63) is 70.8 Å². The van der Waals surface area contributed by atoms with Crippen LogP contribution in [0.5, 0.6) is 0 Å². The van der Waals surface area contributed by atoms with Gasteiger partial charge in [-0.2, -0.15) is 13.2 Å². The lowest BCUT2D eigenvalue weighted by molar-refractivity contribution is -0.138. The maximum atomic E-state index is 13.2. The Balaban J connectivity index is 2.63. The number of rotatable bonds is 3. The van der Waals surface area contributed by atoms with Crippen molar-refractivity contribution in [1.29, 1.82) is 0 Å². The highest BCUT2D eigenvalue weighted by Gasteiger charge is 2.36. The average Bonchev–Trinajstić information content (AvgIpc) is 2.53. The highest BCUT2D eigenvalue weighted by atomic mass is 19.4. The van der Waals surface area contributed by atoms with E-state index in [1.54, 1.807) is 13.0 Å². The molecule has 0 aliphatic carbocycles. The molecule has 0 atom stereocenters. The Kier molecular flexibility index (Phi) is 4.89. The van der Waals surface area contributed by atoms with E-state index < -0.39 is 23.3 Å². The molecular weight excluding hydrogens is 305 g/mol. The zero-order chi connectivity index (χ0) is 17.0. The van der Waals surface area contributed by atoms with E-state index in [1.807, 2.05) is 30.3 Å². The topological polar surface area (TPSA) is 26.3 Å². The minimum atomic E-state index is -4.63. The molecule has 0 aliphatic heterocycles. The van der Waals surface area contributed by atoms with Gasteiger partial charge in [0.2, 0.25) is 0 Å². The summed E-state index contributed by atoms with van der Waals surface area (Å²) >= 11 is 0. The van der Waals surface area contributed by atoms with Crippen LogP contribution in [0.3, 0.4) is 0 Å². The van der Waals surface area contributed by atoms with Crippen LogP contribution < -0.4 is 0 Å². The first-order valence-corrected chi connectivity index (χ1v) is 6.87. The molecule has 0 aliphatic rings. The molecule has 2 aromatic rings. The van der Waals surface area contributed by atoms with E-state index in [1.165, 1.54) is 12.1 Å². The third-order valence-electron chi connectivity index (χ3n) is 3.37. The molecule has 2 aromatic carbocycles. The van der Waals surface area contributed by atoms with E-state index in [0.29, 0.717) is 5.57 Å². The number of hydrogen-bond donors (Lipinski definition) is 0. The van der Waals surface area contributed by atoms with Crippen molar-refractivity contribution in [3.63, 3.8) is 0 Å². The average molecular weight is 320 g/mol. The molecule has 0 saturated carbocycles. The van der Waals surface area contributed by atoms with Gasteiger partial charge in [-0.05, 0) is 29.7 Å². The lowest BCUT2D eigenvalue weighted by Gasteiger charge is -2.15. The Morgan fingerprint density at radius 2 is 1.70 bits per heavy atom. The fourth-order valence-electron chi connectivity index (χ4n) is 2.32. The van der Waals surface area contributed by atoms with Gasteiger partial charge in [0.1, 0.15) is 0 Å². The number of allylic oxidation sites excluding steroid dienone is 1. The van der Waals surface area contributed by atoms with Crippen LogP contribution in [0, 0.1) is 0 Å². The van der Waals surface area contributed by atoms with E-state index in [9.17, 15) is 18.0 Å². The van der Waals surface area contributed by atoms with Crippen LogP contribution >= 0.6 is 0 Å². The van der Waals surface area contributed by atoms with Crippen molar-refractivity contribution in [3.8, 4) is 0 Å². The number of esters is 1. The van der Waals surface area contributed by atoms with Gasteiger partial charge in [0.15, 0.2) is 0 Å². The van der Waals surface area contributed by atoms with Gasteiger partial charge in [-0.25, -0.2) is 4.79 Å². The highest BCUT2D eigenvalue weighted by Crippen LogP contribution is 2.36. The molecule has 0 N–H and O–H groups in total. The fraction of sp³-hybridized carbons (Fsp3) is 0.167. The van der Waals surface area contributed by atoms with Crippen LogP contribution in [-0.2, 0) is 10.9 Å². The smallest absolute Gasteiger partial charge is 0.417 e. The first kappa shape index (κ1) is 16.8. The zero-order valence-electron chi connectivity index (χ0n) is 12.6. The van der Waals surface area contributed by atoms with Gasteiger partial charge >= 0.3 is 12.1 Å². The molecule has 0 bridgehead atoms. The molecular formula is C18H15F3O2. The summed E-state index contributed by atoms with van der Waals surface area (Å²) in [5.41, 5.74) is 0.117. The van der Waals surface area contributed by atoms with E-state index in [4.69, 9.17) is 0 Å². The molecule has 0 saturated heterocycles. The number of ether oxygens (including phenoxy) is 1. The minimum absolute atomic E-state index is 0.204. The molecule has 0 fully saturated rings. The van der Waals surface area contributed by atoms with Gasteiger partial charge < -0.3 is 4.74 Å². The second-order valence-electron chi connectivity index (χ2n) is 4.96. The van der Waals surface area contributed by atoms with Crippen molar-refractivity contribution in [2.75, 3.05) is 7.11 Å². The standard InChI is InChI=1S/C18H15F3O2/c1-12(11-13-7-4-3-5-8-13)14-9-6-10-15(18(19,20)21)16(14)17(22)23-2/h3-11H,1-2H3/b12-11+. The maximum Gasteiger partial charge on any atom is 0.417 e. The number of benzene rings is 2. The lowest BCUT2D eigenvalue weighted by Crippen LogP contribution is -2.16. The summed E-state index contributed by atoms with van der Waals surface area (Å²) in [6.45, 7) is 1.66. The van der Waals surface area contributed by atoms with Crippen molar-refractivity contribution < 1.29 is 22.7 Å². The first-order valence-electron chi connectivity index (χ1n) is 6.87. The van der Waals surface area contributed by atoms with Gasteiger partial charge in [0, 0.05) is 0 Å². The summed E-state index contributed by atoms with van der Waals surface area (Å²) in [4.78, 5) is 11.9. The molecule has 0 radical (unpaired) electrons. The van der Waals surface area contributed by atoms with Gasteiger partial charge in [-0.3, -0.25) is 0 Å². The van der Waals surface area contributed by atoms with Crippen LogP contribution in [0.4, 0.5) is 13.2 Å². The zero-order valence-corrected chi connectivity index (χ0v) is 12.6. The van der Waals surface area contributed by atoms with Gasteiger partial charge in [0.05, 0.1) is 18.2 Å². The summed E-state index contributed by atoms with van der Waals surface area (Å²) in [5, 5.41) is 0. The lowest BCUT2D eigenvalue weighted by atomic mass is 9.94. The number of carbonyl (C=O) groups is 1. The van der Waals surface area contributed by atoms with Crippen molar-refractivity contribution in [2.24, 2.45) is 0 Å². The second kappa shape index (κ2) is 6.69. The minimum Gasteiger partial charge on any atom is -0.465 e. The van der Waals surface area contributed by atoms with E-state index in [0.717, 1.165) is 18.7 Å². The number of halogens is 3. The fourth-order valence-corrected chi connectivity index (χ4v) is 2.32. The van der Waals surface area contributed by atoms with Crippen LogP contribution in [0.1, 0.15) is 34.0 Å². The number of methoxy groups -OCH3 is 1. The highest BCUT2D eigenvalue weighted by molar-refractivity contribution is 5.99. The van der Waals surface area contributed by atoms with E-state index >= 15 is 0 Å². The van der Waals surface area contributed by atoms with Crippen LogP contribution in [0.2, 0.25) is 0 Å². The molecule has 2 rings (SSSR count). The molecule has 0 aromatic heterocycles. The largest absolute Gasteiger partial charge is 0.465 e. The predicted octanol–water partition coefficient (Wildman–Crippen LogP) is 5.05. The summed E-state index contributed by atoms with van der Waals surface area (Å²) in [7, 11) is 1.06. The van der Waals surface area contributed by atoms with Crippen LogP contribution in [-0.4, -0.2) is 13.1 Å². The quantitative estimate of drug-likeness (QED) is 0.584. The third kappa shape index (κ3) is 3.80. The summed E-state index contributed by atoms with van der Waals surface area (Å²) < 4.78 is 44.1. The Morgan fingerprint density at radius 1 is 1.04 bits per heavy atom. The van der Waals surface area contributed by atoms with E-state index in [2.05, 4.69) is 4.74 Å². The molecule has 0 amide bonds. The van der Waals surface area contributed by atoms with Gasteiger partial charge in [0.25, 0.3) is 0 Å². The summed E-state index contributed by atoms with van der Waals surface area (Å²) in [6.07, 6.45) is -2.91. The van der Waals surface area contributed by atoms with Crippen LogP contribution in [0.15, 0.2) is 48.5 Å². The second-order valence-corrected chi connectivity index (χ2v) is 4.96. The predicted molar refractivity (Wildman–Crippen MR) is 82.8 cm³/mol. The Labute approximate surface area is 132 Å². The SMILES string of the molecule is COC(=O)c1c(/C(C)=C/c2ccccc2)cccc1C(F)(F)F. The molecule has 23 heavy (non-hydrogen) atoms. The summed E-state index contributed by atoms with van der Waals surface area (Å²) in [6, 6.07) is 12.8. The molecule has 2 nitrogen and oxygen atoms in total. The Morgan fingerprint density at radius 3 is 2.26 bits per heavy atom. The normalized spacial score (nSPS) is 12.1. The van der Waals surface area contributed by atoms with E-state index in [-0.39, 0.29) is 5.56 Å².